The fourth-order valence-electron chi connectivity index (χ4n) is 2.42. The van der Waals surface area contributed by atoms with Gasteiger partial charge in [0.25, 0.3) is 0 Å². The van der Waals surface area contributed by atoms with Crippen molar-refractivity contribution in [1.82, 2.24) is 15.0 Å². The molecule has 0 aliphatic carbocycles. The molecule has 106 valence electrons. The van der Waals surface area contributed by atoms with Crippen molar-refractivity contribution >= 4 is 0 Å². The SMILES string of the molecule is Cc1ccccc1-c1noc(CN2CC(O)C(O)C2)n1. The molecule has 1 aromatic heterocycles. The standard InChI is InChI=1S/C14H17N3O3/c1-9-4-2-3-5-10(9)14-15-13(20-16-14)8-17-6-11(18)12(19)7-17/h2-5,11-12,18-19H,6-8H2,1H3. The summed E-state index contributed by atoms with van der Waals surface area (Å²) in [4.78, 5) is 6.27. The molecule has 0 amide bonds. The van der Waals surface area contributed by atoms with Gasteiger partial charge in [-0.05, 0) is 12.5 Å². The van der Waals surface area contributed by atoms with Gasteiger partial charge in [-0.3, -0.25) is 4.90 Å². The number of likely N-dealkylation sites (tertiary alicyclic amines) is 1. The topological polar surface area (TPSA) is 82.6 Å². The molecule has 1 aliphatic heterocycles. The number of nitrogens with zero attached hydrogens (tertiary/aromatic N) is 3. The lowest BCUT2D eigenvalue weighted by atomic mass is 10.1. The molecule has 2 unspecified atom stereocenters. The normalized spacial score (nSPS) is 23.4. The Morgan fingerprint density at radius 3 is 2.65 bits per heavy atom. The van der Waals surface area contributed by atoms with E-state index in [1.165, 1.54) is 0 Å². The molecule has 0 radical (unpaired) electrons. The first-order chi connectivity index (χ1) is 9.63. The lowest BCUT2D eigenvalue weighted by Gasteiger charge is -2.10. The van der Waals surface area contributed by atoms with Crippen LogP contribution in [0.3, 0.4) is 0 Å². The molecule has 2 heterocycles. The molecule has 6 nitrogen and oxygen atoms in total. The molecule has 2 N–H and O–H groups in total. The Hall–Kier alpha value is -1.76. The van der Waals surface area contributed by atoms with E-state index in [2.05, 4.69) is 10.1 Å². The number of aliphatic hydroxyl groups is 2. The van der Waals surface area contributed by atoms with Crippen LogP contribution in [0.25, 0.3) is 11.4 Å². The van der Waals surface area contributed by atoms with Crippen molar-refractivity contribution in [3.8, 4) is 11.4 Å². The number of aromatic nitrogens is 2. The highest BCUT2D eigenvalue weighted by molar-refractivity contribution is 5.58. The molecular formula is C14H17N3O3. The molecular weight excluding hydrogens is 258 g/mol. The van der Waals surface area contributed by atoms with E-state index in [0.29, 0.717) is 31.3 Å². The molecule has 2 atom stereocenters. The van der Waals surface area contributed by atoms with Gasteiger partial charge in [0, 0.05) is 18.7 Å². The summed E-state index contributed by atoms with van der Waals surface area (Å²) in [5, 5.41) is 23.0. The zero-order valence-corrected chi connectivity index (χ0v) is 11.2. The third-order valence-corrected chi connectivity index (χ3v) is 3.55. The van der Waals surface area contributed by atoms with Gasteiger partial charge in [-0.1, -0.05) is 29.4 Å². The lowest BCUT2D eigenvalue weighted by molar-refractivity contribution is 0.0572. The number of hydrogen-bond acceptors (Lipinski definition) is 6. The Labute approximate surface area is 116 Å². The summed E-state index contributed by atoms with van der Waals surface area (Å²) < 4.78 is 5.24. The zero-order valence-electron chi connectivity index (χ0n) is 11.2. The summed E-state index contributed by atoms with van der Waals surface area (Å²) in [6.45, 7) is 3.28. The first-order valence-corrected chi connectivity index (χ1v) is 6.60. The number of β-amino-alcohol motifs (C(OH)–C–C–N with tert-alkyl or cyclic N) is 2. The van der Waals surface area contributed by atoms with Crippen LogP contribution < -0.4 is 0 Å². The Bertz CT molecular complexity index is 589. The van der Waals surface area contributed by atoms with Gasteiger partial charge >= 0.3 is 0 Å². The number of aliphatic hydroxyl groups excluding tert-OH is 2. The minimum atomic E-state index is -0.700. The maximum atomic E-state index is 9.51. The van der Waals surface area contributed by atoms with Crippen molar-refractivity contribution in [2.75, 3.05) is 13.1 Å². The Balaban J connectivity index is 1.73. The largest absolute Gasteiger partial charge is 0.389 e. The lowest BCUT2D eigenvalue weighted by Crippen LogP contribution is -2.22. The second kappa shape index (κ2) is 5.32. The van der Waals surface area contributed by atoms with Gasteiger partial charge in [0.15, 0.2) is 0 Å². The molecule has 20 heavy (non-hydrogen) atoms. The van der Waals surface area contributed by atoms with Gasteiger partial charge in [0.1, 0.15) is 0 Å². The van der Waals surface area contributed by atoms with Crippen LogP contribution in [0.15, 0.2) is 28.8 Å². The van der Waals surface area contributed by atoms with Gasteiger partial charge in [-0.15, -0.1) is 0 Å². The van der Waals surface area contributed by atoms with Gasteiger partial charge in [0.05, 0.1) is 18.8 Å². The number of benzene rings is 1. The average Bonchev–Trinajstić information content (AvgIpc) is 2.98. The molecule has 2 aromatic rings. The molecule has 1 fully saturated rings. The monoisotopic (exact) mass is 275 g/mol. The predicted octanol–water partition coefficient (Wildman–Crippen LogP) is 0.582. The molecule has 1 aliphatic rings. The van der Waals surface area contributed by atoms with Crippen molar-refractivity contribution in [2.45, 2.75) is 25.7 Å². The molecule has 0 saturated carbocycles. The van der Waals surface area contributed by atoms with E-state index in [4.69, 9.17) is 4.52 Å². The van der Waals surface area contributed by atoms with E-state index in [0.717, 1.165) is 11.1 Å². The van der Waals surface area contributed by atoms with Gasteiger partial charge in [-0.2, -0.15) is 4.98 Å². The second-order valence-corrected chi connectivity index (χ2v) is 5.16. The summed E-state index contributed by atoms with van der Waals surface area (Å²) >= 11 is 0. The van der Waals surface area contributed by atoms with Crippen molar-refractivity contribution in [3.63, 3.8) is 0 Å². The van der Waals surface area contributed by atoms with E-state index in [1.807, 2.05) is 36.1 Å². The molecule has 0 spiro atoms. The van der Waals surface area contributed by atoms with Crippen LogP contribution in [-0.4, -0.2) is 50.6 Å². The Morgan fingerprint density at radius 1 is 1.25 bits per heavy atom. The summed E-state index contributed by atoms with van der Waals surface area (Å²) in [6, 6.07) is 7.85. The maximum Gasteiger partial charge on any atom is 0.241 e. The van der Waals surface area contributed by atoms with Crippen molar-refractivity contribution in [3.05, 3.63) is 35.7 Å². The van der Waals surface area contributed by atoms with Crippen LogP contribution in [0.1, 0.15) is 11.5 Å². The smallest absolute Gasteiger partial charge is 0.241 e. The van der Waals surface area contributed by atoms with Crippen LogP contribution in [-0.2, 0) is 6.54 Å². The van der Waals surface area contributed by atoms with Crippen molar-refractivity contribution in [2.24, 2.45) is 0 Å². The molecule has 0 bridgehead atoms. The maximum absolute atomic E-state index is 9.51. The van der Waals surface area contributed by atoms with E-state index in [-0.39, 0.29) is 0 Å². The predicted molar refractivity (Wildman–Crippen MR) is 71.8 cm³/mol. The summed E-state index contributed by atoms with van der Waals surface area (Å²) in [5.74, 6) is 1.06. The van der Waals surface area contributed by atoms with Crippen LogP contribution >= 0.6 is 0 Å². The Kier molecular flexibility index (Phi) is 3.52. The third-order valence-electron chi connectivity index (χ3n) is 3.55. The summed E-state index contributed by atoms with van der Waals surface area (Å²) in [5.41, 5.74) is 2.04. The third kappa shape index (κ3) is 2.58. The fourth-order valence-corrected chi connectivity index (χ4v) is 2.42. The van der Waals surface area contributed by atoms with Crippen molar-refractivity contribution < 1.29 is 14.7 Å². The van der Waals surface area contributed by atoms with Gasteiger partial charge in [0.2, 0.25) is 11.7 Å². The minimum Gasteiger partial charge on any atom is -0.389 e. The molecule has 1 saturated heterocycles. The first kappa shape index (κ1) is 13.2. The highest BCUT2D eigenvalue weighted by atomic mass is 16.5. The van der Waals surface area contributed by atoms with Crippen molar-refractivity contribution in [1.29, 1.82) is 0 Å². The number of aryl methyl sites for hydroxylation is 1. The molecule has 3 rings (SSSR count). The number of rotatable bonds is 3. The molecule has 1 aromatic carbocycles. The molecule has 6 heteroatoms. The quantitative estimate of drug-likeness (QED) is 0.852. The zero-order chi connectivity index (χ0) is 14.1. The van der Waals surface area contributed by atoms with Crippen LogP contribution in [0, 0.1) is 6.92 Å². The average molecular weight is 275 g/mol. The van der Waals surface area contributed by atoms with E-state index in [1.54, 1.807) is 0 Å². The highest BCUT2D eigenvalue weighted by Crippen LogP contribution is 2.21. The number of hydrogen-bond donors (Lipinski definition) is 2. The van der Waals surface area contributed by atoms with Crippen LogP contribution in [0.5, 0.6) is 0 Å². The summed E-state index contributed by atoms with van der Waals surface area (Å²) in [7, 11) is 0. The Morgan fingerprint density at radius 2 is 1.95 bits per heavy atom. The van der Waals surface area contributed by atoms with Gasteiger partial charge < -0.3 is 14.7 Å². The second-order valence-electron chi connectivity index (χ2n) is 5.16. The van der Waals surface area contributed by atoms with Crippen LogP contribution in [0.2, 0.25) is 0 Å². The van der Waals surface area contributed by atoms with Gasteiger partial charge in [-0.25, -0.2) is 0 Å². The van der Waals surface area contributed by atoms with E-state index in [9.17, 15) is 10.2 Å². The van der Waals surface area contributed by atoms with E-state index < -0.39 is 12.2 Å². The highest BCUT2D eigenvalue weighted by Gasteiger charge is 2.30. The minimum absolute atomic E-state index is 0.420. The first-order valence-electron chi connectivity index (χ1n) is 6.60. The van der Waals surface area contributed by atoms with E-state index >= 15 is 0 Å². The van der Waals surface area contributed by atoms with Crippen LogP contribution in [0.4, 0.5) is 0 Å². The summed E-state index contributed by atoms with van der Waals surface area (Å²) in [6.07, 6.45) is -1.40. The fraction of sp³-hybridized carbons (Fsp3) is 0.429.